The molecule has 1 N–H and O–H groups in total. The third kappa shape index (κ3) is 4.16. The van der Waals surface area contributed by atoms with Crippen LogP contribution in [0.5, 0.6) is 0 Å². The molecule has 0 bridgehead atoms. The van der Waals surface area contributed by atoms with E-state index in [2.05, 4.69) is 26.1 Å². The summed E-state index contributed by atoms with van der Waals surface area (Å²) in [7, 11) is 3.54. The van der Waals surface area contributed by atoms with Gasteiger partial charge in [0.1, 0.15) is 5.82 Å². The second kappa shape index (κ2) is 6.69. The second-order valence-electron chi connectivity index (χ2n) is 5.82. The van der Waals surface area contributed by atoms with Crippen molar-refractivity contribution in [3.8, 4) is 0 Å². The summed E-state index contributed by atoms with van der Waals surface area (Å²) in [4.78, 5) is 0. The van der Waals surface area contributed by atoms with Gasteiger partial charge < -0.3 is 10.1 Å². The minimum atomic E-state index is -0.267. The van der Waals surface area contributed by atoms with E-state index in [1.165, 1.54) is 6.07 Å². The Kier molecular flexibility index (Phi) is 5.78. The summed E-state index contributed by atoms with van der Waals surface area (Å²) >= 11 is 6.08. The van der Waals surface area contributed by atoms with Crippen molar-refractivity contribution in [1.29, 1.82) is 0 Å². The first-order valence-electron chi connectivity index (χ1n) is 6.44. The first kappa shape index (κ1) is 16.4. The van der Waals surface area contributed by atoms with Crippen LogP contribution in [0.2, 0.25) is 5.02 Å². The zero-order valence-electron chi connectivity index (χ0n) is 12.3. The Morgan fingerprint density at radius 2 is 2.00 bits per heavy atom. The van der Waals surface area contributed by atoms with Crippen LogP contribution in [0.4, 0.5) is 4.39 Å². The van der Waals surface area contributed by atoms with Gasteiger partial charge in [0.15, 0.2) is 0 Å². The van der Waals surface area contributed by atoms with Gasteiger partial charge in [0, 0.05) is 23.7 Å². The summed E-state index contributed by atoms with van der Waals surface area (Å²) in [5.41, 5.74) is 0.495. The van der Waals surface area contributed by atoms with Gasteiger partial charge in [-0.05, 0) is 31.0 Å². The van der Waals surface area contributed by atoms with Crippen molar-refractivity contribution in [2.75, 3.05) is 14.2 Å². The maximum Gasteiger partial charge on any atom is 0.127 e. The molecule has 2 nitrogen and oxygen atoms in total. The monoisotopic (exact) mass is 287 g/mol. The number of ether oxygens (including phenoxy) is 1. The molecule has 0 radical (unpaired) electrons. The third-order valence-corrected chi connectivity index (χ3v) is 3.68. The van der Waals surface area contributed by atoms with E-state index >= 15 is 0 Å². The Labute approximate surface area is 120 Å². The molecule has 2 unspecified atom stereocenters. The van der Waals surface area contributed by atoms with Crippen molar-refractivity contribution in [1.82, 2.24) is 5.32 Å². The normalized spacial score (nSPS) is 15.3. The summed E-state index contributed by atoms with van der Waals surface area (Å²) in [5, 5.41) is 3.67. The molecule has 1 aromatic carbocycles. The first-order chi connectivity index (χ1) is 8.81. The predicted octanol–water partition coefficient (Wildman–Crippen LogP) is 3.67. The van der Waals surface area contributed by atoms with Crippen molar-refractivity contribution < 1.29 is 9.13 Å². The molecule has 0 aliphatic heterocycles. The lowest BCUT2D eigenvalue weighted by Gasteiger charge is -2.36. The van der Waals surface area contributed by atoms with Crippen LogP contribution in [0.25, 0.3) is 0 Å². The summed E-state index contributed by atoms with van der Waals surface area (Å²) in [6.07, 6.45) is 0.464. The summed E-state index contributed by atoms with van der Waals surface area (Å²) < 4.78 is 19.4. The van der Waals surface area contributed by atoms with Gasteiger partial charge in [0.05, 0.1) is 6.10 Å². The van der Waals surface area contributed by atoms with Crippen LogP contribution in [0, 0.1) is 11.2 Å². The smallest absolute Gasteiger partial charge is 0.127 e. The average Bonchev–Trinajstić information content (AvgIpc) is 2.31. The highest BCUT2D eigenvalue weighted by atomic mass is 35.5. The van der Waals surface area contributed by atoms with Crippen LogP contribution >= 0.6 is 11.6 Å². The van der Waals surface area contributed by atoms with Crippen molar-refractivity contribution >= 4 is 11.6 Å². The molecule has 0 spiro atoms. The molecule has 0 aliphatic carbocycles. The standard InChI is InChI=1S/C15H23ClFNO/c1-15(2,3)14(19-5)13(18-4)9-10-11(16)7-6-8-12(10)17/h6-8,13-14,18H,9H2,1-5H3. The van der Waals surface area contributed by atoms with E-state index in [1.54, 1.807) is 19.2 Å². The van der Waals surface area contributed by atoms with Gasteiger partial charge in [0.2, 0.25) is 0 Å². The van der Waals surface area contributed by atoms with Gasteiger partial charge in [-0.15, -0.1) is 0 Å². The van der Waals surface area contributed by atoms with Crippen molar-refractivity contribution in [2.45, 2.75) is 39.3 Å². The van der Waals surface area contributed by atoms with Crippen LogP contribution in [-0.2, 0) is 11.2 Å². The maximum atomic E-state index is 13.9. The largest absolute Gasteiger partial charge is 0.379 e. The molecular formula is C15H23ClFNO. The van der Waals surface area contributed by atoms with Gasteiger partial charge in [-0.25, -0.2) is 4.39 Å². The number of halogens is 2. The molecular weight excluding hydrogens is 265 g/mol. The molecule has 1 rings (SSSR count). The quantitative estimate of drug-likeness (QED) is 0.892. The molecule has 1 aromatic rings. The molecule has 0 aliphatic rings. The molecule has 0 saturated heterocycles. The topological polar surface area (TPSA) is 21.3 Å². The second-order valence-corrected chi connectivity index (χ2v) is 6.23. The SMILES string of the molecule is CNC(Cc1c(F)cccc1Cl)C(OC)C(C)(C)C. The highest BCUT2D eigenvalue weighted by Crippen LogP contribution is 2.28. The Balaban J connectivity index is 2.99. The number of nitrogens with one attached hydrogen (secondary N) is 1. The molecule has 0 fully saturated rings. The summed E-state index contributed by atoms with van der Waals surface area (Å²) in [6.45, 7) is 6.32. The van der Waals surface area contributed by atoms with E-state index in [0.29, 0.717) is 17.0 Å². The molecule has 4 heteroatoms. The Hall–Kier alpha value is -0.640. The minimum absolute atomic E-state index is 0.000556. The number of hydrogen-bond acceptors (Lipinski definition) is 2. The van der Waals surface area contributed by atoms with Crippen molar-refractivity contribution in [3.63, 3.8) is 0 Å². The van der Waals surface area contributed by atoms with Gasteiger partial charge >= 0.3 is 0 Å². The summed E-state index contributed by atoms with van der Waals surface area (Å²) in [5.74, 6) is -0.267. The Bertz CT molecular complexity index is 397. The Morgan fingerprint density at radius 3 is 2.42 bits per heavy atom. The zero-order valence-corrected chi connectivity index (χ0v) is 13.0. The van der Waals surface area contributed by atoms with Crippen LogP contribution < -0.4 is 5.32 Å². The summed E-state index contributed by atoms with van der Waals surface area (Å²) in [6, 6.07) is 4.77. The van der Waals surface area contributed by atoms with Gasteiger partial charge in [0.25, 0.3) is 0 Å². The maximum absolute atomic E-state index is 13.9. The van der Waals surface area contributed by atoms with Crippen molar-refractivity contribution in [2.24, 2.45) is 5.41 Å². The fraction of sp³-hybridized carbons (Fsp3) is 0.600. The highest BCUT2D eigenvalue weighted by molar-refractivity contribution is 6.31. The van der Waals surface area contributed by atoms with Crippen molar-refractivity contribution in [3.05, 3.63) is 34.6 Å². The molecule has 19 heavy (non-hydrogen) atoms. The van der Waals surface area contributed by atoms with E-state index in [1.807, 2.05) is 7.05 Å². The molecule has 0 heterocycles. The molecule has 2 atom stereocenters. The molecule has 0 aromatic heterocycles. The van der Waals surface area contributed by atoms with E-state index < -0.39 is 0 Å². The lowest BCUT2D eigenvalue weighted by Crippen LogP contribution is -2.47. The number of likely N-dealkylation sites (N-methyl/N-ethyl adjacent to an activating group) is 1. The minimum Gasteiger partial charge on any atom is -0.379 e. The number of methoxy groups -OCH3 is 1. The number of rotatable bonds is 5. The molecule has 108 valence electrons. The lowest BCUT2D eigenvalue weighted by molar-refractivity contribution is -0.00937. The number of benzene rings is 1. The highest BCUT2D eigenvalue weighted by Gasteiger charge is 2.32. The third-order valence-electron chi connectivity index (χ3n) is 3.33. The fourth-order valence-electron chi connectivity index (χ4n) is 2.43. The number of hydrogen-bond donors (Lipinski definition) is 1. The van der Waals surface area contributed by atoms with Gasteiger partial charge in [-0.3, -0.25) is 0 Å². The zero-order chi connectivity index (χ0) is 14.6. The molecule has 0 amide bonds. The fourth-order valence-corrected chi connectivity index (χ4v) is 2.67. The van der Waals surface area contributed by atoms with Gasteiger partial charge in [-0.1, -0.05) is 38.4 Å². The lowest BCUT2D eigenvalue weighted by atomic mass is 9.82. The van der Waals surface area contributed by atoms with E-state index in [9.17, 15) is 4.39 Å². The first-order valence-corrected chi connectivity index (χ1v) is 6.82. The van der Waals surface area contributed by atoms with E-state index in [4.69, 9.17) is 16.3 Å². The van der Waals surface area contributed by atoms with Crippen LogP contribution in [-0.4, -0.2) is 26.3 Å². The molecule has 0 saturated carbocycles. The average molecular weight is 288 g/mol. The van der Waals surface area contributed by atoms with Crippen LogP contribution in [0.3, 0.4) is 0 Å². The van der Waals surface area contributed by atoms with Crippen LogP contribution in [0.15, 0.2) is 18.2 Å². The van der Waals surface area contributed by atoms with E-state index in [0.717, 1.165) is 0 Å². The van der Waals surface area contributed by atoms with Gasteiger partial charge in [-0.2, -0.15) is 0 Å². The van der Waals surface area contributed by atoms with E-state index in [-0.39, 0.29) is 23.4 Å². The van der Waals surface area contributed by atoms with Crippen LogP contribution in [0.1, 0.15) is 26.3 Å². The predicted molar refractivity (Wildman–Crippen MR) is 78.2 cm³/mol. The Morgan fingerprint density at radius 1 is 1.37 bits per heavy atom.